The minimum atomic E-state index is 0.745. The summed E-state index contributed by atoms with van der Waals surface area (Å²) in [6.07, 6.45) is 0.811. The molecule has 1 aromatic heterocycles. The standard InChI is InChI=1S/C14H16ClN3S/c1-4-12-17-13(16-3)9(2)14(18-12)19-11-8-6-5-7-10(11)15/h5-8H,4H2,1-3H3,(H,16,17,18). The molecule has 2 rings (SSSR count). The van der Waals surface area contributed by atoms with Crippen molar-refractivity contribution in [3.63, 3.8) is 0 Å². The van der Waals surface area contributed by atoms with E-state index in [1.807, 2.05) is 45.2 Å². The van der Waals surface area contributed by atoms with Crippen molar-refractivity contribution < 1.29 is 0 Å². The topological polar surface area (TPSA) is 37.8 Å². The molecule has 19 heavy (non-hydrogen) atoms. The first kappa shape index (κ1) is 14.2. The molecule has 0 atom stereocenters. The minimum Gasteiger partial charge on any atom is -0.373 e. The molecule has 0 unspecified atom stereocenters. The Labute approximate surface area is 122 Å². The van der Waals surface area contributed by atoms with E-state index in [2.05, 4.69) is 15.3 Å². The summed E-state index contributed by atoms with van der Waals surface area (Å²) < 4.78 is 0. The number of halogens is 1. The molecule has 0 bridgehead atoms. The lowest BCUT2D eigenvalue weighted by molar-refractivity contribution is 0.874. The fourth-order valence-electron chi connectivity index (χ4n) is 1.67. The van der Waals surface area contributed by atoms with Crippen LogP contribution in [0.3, 0.4) is 0 Å². The van der Waals surface area contributed by atoms with Crippen LogP contribution in [0.2, 0.25) is 5.02 Å². The van der Waals surface area contributed by atoms with Gasteiger partial charge in [-0.25, -0.2) is 9.97 Å². The van der Waals surface area contributed by atoms with E-state index in [1.54, 1.807) is 11.8 Å². The number of aryl methyl sites for hydroxylation is 1. The lowest BCUT2D eigenvalue weighted by Crippen LogP contribution is -2.04. The zero-order chi connectivity index (χ0) is 13.8. The molecule has 0 aliphatic rings. The highest BCUT2D eigenvalue weighted by Gasteiger charge is 2.12. The van der Waals surface area contributed by atoms with Crippen LogP contribution in [0, 0.1) is 6.92 Å². The molecule has 0 aliphatic heterocycles. The predicted molar refractivity (Wildman–Crippen MR) is 81.3 cm³/mol. The number of hydrogen-bond acceptors (Lipinski definition) is 4. The van der Waals surface area contributed by atoms with Crippen LogP contribution >= 0.6 is 23.4 Å². The molecule has 3 nitrogen and oxygen atoms in total. The molecule has 100 valence electrons. The van der Waals surface area contributed by atoms with Gasteiger partial charge in [0.25, 0.3) is 0 Å². The Morgan fingerprint density at radius 2 is 2.00 bits per heavy atom. The van der Waals surface area contributed by atoms with Gasteiger partial charge < -0.3 is 5.32 Å². The smallest absolute Gasteiger partial charge is 0.133 e. The minimum absolute atomic E-state index is 0.745. The maximum absolute atomic E-state index is 6.19. The molecule has 0 amide bonds. The molecule has 0 fully saturated rings. The van der Waals surface area contributed by atoms with E-state index < -0.39 is 0 Å². The number of anilines is 1. The van der Waals surface area contributed by atoms with Gasteiger partial charge in [-0.2, -0.15) is 0 Å². The average Bonchev–Trinajstić information content (AvgIpc) is 2.43. The normalized spacial score (nSPS) is 10.5. The van der Waals surface area contributed by atoms with Crippen molar-refractivity contribution in [3.05, 3.63) is 40.7 Å². The lowest BCUT2D eigenvalue weighted by Gasteiger charge is -2.11. The second-order valence-electron chi connectivity index (χ2n) is 4.05. The summed E-state index contributed by atoms with van der Waals surface area (Å²) in [4.78, 5) is 10.1. The molecule has 0 aliphatic carbocycles. The number of nitrogens with zero attached hydrogens (tertiary/aromatic N) is 2. The fraction of sp³-hybridized carbons (Fsp3) is 0.286. The number of benzene rings is 1. The summed E-state index contributed by atoms with van der Waals surface area (Å²) >= 11 is 7.77. The summed E-state index contributed by atoms with van der Waals surface area (Å²) in [5.41, 5.74) is 1.05. The van der Waals surface area contributed by atoms with Crippen LogP contribution in [0.1, 0.15) is 18.3 Å². The van der Waals surface area contributed by atoms with Crippen LogP contribution in [0.15, 0.2) is 34.2 Å². The van der Waals surface area contributed by atoms with Gasteiger partial charge in [0.05, 0.1) is 5.02 Å². The van der Waals surface area contributed by atoms with Gasteiger partial charge in [0, 0.05) is 23.9 Å². The summed E-state index contributed by atoms with van der Waals surface area (Å²) in [6, 6.07) is 7.79. The van der Waals surface area contributed by atoms with Gasteiger partial charge in [0.2, 0.25) is 0 Å². The molecular weight excluding hydrogens is 278 g/mol. The molecule has 5 heteroatoms. The Bertz CT molecular complexity index is 587. The van der Waals surface area contributed by atoms with E-state index >= 15 is 0 Å². The Morgan fingerprint density at radius 1 is 1.26 bits per heavy atom. The molecule has 0 spiro atoms. The van der Waals surface area contributed by atoms with Gasteiger partial charge in [-0.15, -0.1) is 0 Å². The second kappa shape index (κ2) is 6.26. The van der Waals surface area contributed by atoms with E-state index in [0.717, 1.165) is 38.6 Å². The zero-order valence-electron chi connectivity index (χ0n) is 11.2. The van der Waals surface area contributed by atoms with Gasteiger partial charge in [-0.05, 0) is 19.1 Å². The van der Waals surface area contributed by atoms with Crippen LogP contribution in [0.25, 0.3) is 0 Å². The van der Waals surface area contributed by atoms with Crippen LogP contribution in [-0.2, 0) is 6.42 Å². The number of aromatic nitrogens is 2. The third-order valence-corrected chi connectivity index (χ3v) is 4.35. The highest BCUT2D eigenvalue weighted by Crippen LogP contribution is 2.35. The number of rotatable bonds is 4. The summed E-state index contributed by atoms with van der Waals surface area (Å²) in [5.74, 6) is 1.71. The molecular formula is C14H16ClN3S. The first-order valence-electron chi connectivity index (χ1n) is 6.13. The first-order chi connectivity index (χ1) is 9.15. The second-order valence-corrected chi connectivity index (χ2v) is 5.49. The van der Waals surface area contributed by atoms with Crippen molar-refractivity contribution in [1.82, 2.24) is 9.97 Å². The Balaban J connectivity index is 2.42. The van der Waals surface area contributed by atoms with Crippen molar-refractivity contribution in [1.29, 1.82) is 0 Å². The molecule has 1 aromatic carbocycles. The summed E-state index contributed by atoms with van der Waals surface area (Å²) in [6.45, 7) is 4.07. The summed E-state index contributed by atoms with van der Waals surface area (Å²) in [7, 11) is 1.87. The van der Waals surface area contributed by atoms with Gasteiger partial charge in [0.1, 0.15) is 16.7 Å². The van der Waals surface area contributed by atoms with Crippen LogP contribution < -0.4 is 5.32 Å². The quantitative estimate of drug-likeness (QED) is 0.858. The van der Waals surface area contributed by atoms with E-state index in [1.165, 1.54) is 0 Å². The molecule has 0 saturated carbocycles. The van der Waals surface area contributed by atoms with Crippen molar-refractivity contribution in [2.24, 2.45) is 0 Å². The van der Waals surface area contributed by atoms with Gasteiger partial charge >= 0.3 is 0 Å². The van der Waals surface area contributed by atoms with Crippen molar-refractivity contribution in [2.45, 2.75) is 30.2 Å². The first-order valence-corrected chi connectivity index (χ1v) is 7.32. The van der Waals surface area contributed by atoms with Gasteiger partial charge in [0.15, 0.2) is 0 Å². The van der Waals surface area contributed by atoms with E-state index in [9.17, 15) is 0 Å². The molecule has 1 N–H and O–H groups in total. The highest BCUT2D eigenvalue weighted by atomic mass is 35.5. The predicted octanol–water partition coefficient (Wildman–Crippen LogP) is 4.19. The summed E-state index contributed by atoms with van der Waals surface area (Å²) in [5, 5.41) is 4.81. The van der Waals surface area contributed by atoms with Crippen LogP contribution in [0.4, 0.5) is 5.82 Å². The fourth-order valence-corrected chi connectivity index (χ4v) is 2.85. The van der Waals surface area contributed by atoms with Gasteiger partial charge in [-0.1, -0.05) is 42.4 Å². The van der Waals surface area contributed by atoms with Crippen molar-refractivity contribution in [2.75, 3.05) is 12.4 Å². The lowest BCUT2D eigenvalue weighted by atomic mass is 10.3. The monoisotopic (exact) mass is 293 g/mol. The number of hydrogen-bond donors (Lipinski definition) is 1. The van der Waals surface area contributed by atoms with Crippen LogP contribution in [-0.4, -0.2) is 17.0 Å². The van der Waals surface area contributed by atoms with Crippen molar-refractivity contribution >= 4 is 29.2 Å². The maximum atomic E-state index is 6.19. The van der Waals surface area contributed by atoms with E-state index in [-0.39, 0.29) is 0 Å². The Hall–Kier alpha value is -1.26. The molecule has 0 radical (unpaired) electrons. The third-order valence-electron chi connectivity index (χ3n) is 2.74. The van der Waals surface area contributed by atoms with E-state index in [0.29, 0.717) is 0 Å². The largest absolute Gasteiger partial charge is 0.373 e. The van der Waals surface area contributed by atoms with Crippen LogP contribution in [0.5, 0.6) is 0 Å². The van der Waals surface area contributed by atoms with E-state index in [4.69, 9.17) is 11.6 Å². The molecule has 0 saturated heterocycles. The zero-order valence-corrected chi connectivity index (χ0v) is 12.8. The third kappa shape index (κ3) is 3.19. The highest BCUT2D eigenvalue weighted by molar-refractivity contribution is 7.99. The molecule has 2 aromatic rings. The Kier molecular flexibility index (Phi) is 4.66. The Morgan fingerprint density at radius 3 is 2.63 bits per heavy atom. The van der Waals surface area contributed by atoms with Gasteiger partial charge in [-0.3, -0.25) is 0 Å². The number of nitrogens with one attached hydrogen (secondary N) is 1. The molecule has 1 heterocycles. The average molecular weight is 294 g/mol. The van der Waals surface area contributed by atoms with Crippen molar-refractivity contribution in [3.8, 4) is 0 Å². The maximum Gasteiger partial charge on any atom is 0.133 e. The SMILES string of the molecule is CCc1nc(NC)c(C)c(Sc2ccccc2Cl)n1.